The fraction of sp³-hybridized carbons (Fsp3) is 0.176. The van der Waals surface area contributed by atoms with Crippen molar-refractivity contribution in [3.8, 4) is 11.5 Å². The molecule has 24 heavy (non-hydrogen) atoms. The van der Waals surface area contributed by atoms with Gasteiger partial charge in [-0.1, -0.05) is 18.2 Å². The van der Waals surface area contributed by atoms with Crippen LogP contribution in [-0.2, 0) is 14.3 Å². The summed E-state index contributed by atoms with van der Waals surface area (Å²) in [6.45, 7) is -0.502. The highest BCUT2D eigenvalue weighted by Gasteiger charge is 2.29. The van der Waals surface area contributed by atoms with Gasteiger partial charge in [-0.15, -0.1) is 0 Å². The molecule has 1 aliphatic heterocycles. The Kier molecular flexibility index (Phi) is 4.60. The van der Waals surface area contributed by atoms with Crippen molar-refractivity contribution >= 4 is 17.6 Å². The molecule has 0 fully saturated rings. The number of carbonyl (C=O) groups is 2. The van der Waals surface area contributed by atoms with E-state index in [2.05, 4.69) is 5.32 Å². The minimum atomic E-state index is -0.943. The molecule has 2 aromatic carbocycles. The molecule has 0 saturated carbocycles. The van der Waals surface area contributed by atoms with Crippen molar-refractivity contribution in [2.75, 3.05) is 18.5 Å². The largest absolute Gasteiger partial charge is 0.485 e. The Morgan fingerprint density at radius 1 is 1.17 bits per heavy atom. The lowest BCUT2D eigenvalue weighted by Crippen LogP contribution is -2.39. The number of amides is 1. The predicted octanol–water partition coefficient (Wildman–Crippen LogP) is 2.15. The maximum atomic E-state index is 13.0. The maximum Gasteiger partial charge on any atom is 0.351 e. The van der Waals surface area contributed by atoms with Gasteiger partial charge in [0, 0.05) is 5.69 Å². The van der Waals surface area contributed by atoms with Crippen molar-refractivity contribution < 1.29 is 28.2 Å². The van der Waals surface area contributed by atoms with Gasteiger partial charge in [0.1, 0.15) is 12.4 Å². The van der Waals surface area contributed by atoms with Crippen LogP contribution in [0.2, 0.25) is 0 Å². The van der Waals surface area contributed by atoms with Crippen LogP contribution in [0.15, 0.2) is 48.5 Å². The molecule has 3 rings (SSSR count). The summed E-state index contributed by atoms with van der Waals surface area (Å²) in [5, 5.41) is 2.43. The van der Waals surface area contributed by atoms with E-state index < -0.39 is 30.4 Å². The first-order valence-electron chi connectivity index (χ1n) is 7.22. The molecule has 1 heterocycles. The summed E-state index contributed by atoms with van der Waals surface area (Å²) in [7, 11) is 0. The van der Waals surface area contributed by atoms with Gasteiger partial charge >= 0.3 is 5.97 Å². The monoisotopic (exact) mass is 331 g/mol. The maximum absolute atomic E-state index is 13.0. The number of hydrogen-bond acceptors (Lipinski definition) is 5. The van der Waals surface area contributed by atoms with Gasteiger partial charge in [-0.25, -0.2) is 9.18 Å². The minimum Gasteiger partial charge on any atom is -0.485 e. The first-order valence-corrected chi connectivity index (χ1v) is 7.22. The molecule has 2 aromatic rings. The molecule has 0 saturated heterocycles. The number of ether oxygens (including phenoxy) is 3. The summed E-state index contributed by atoms with van der Waals surface area (Å²) in [5.41, 5.74) is 0.280. The van der Waals surface area contributed by atoms with Crippen LogP contribution in [0.25, 0.3) is 0 Å². The molecule has 1 atom stereocenters. The van der Waals surface area contributed by atoms with E-state index in [-0.39, 0.29) is 12.3 Å². The fourth-order valence-corrected chi connectivity index (χ4v) is 2.13. The Morgan fingerprint density at radius 3 is 2.75 bits per heavy atom. The number of carbonyl (C=O) groups excluding carboxylic acids is 2. The van der Waals surface area contributed by atoms with Gasteiger partial charge in [-0.05, 0) is 30.3 Å². The number of para-hydroxylation sites is 2. The molecule has 0 spiro atoms. The van der Waals surface area contributed by atoms with E-state index in [0.29, 0.717) is 11.5 Å². The topological polar surface area (TPSA) is 73.9 Å². The normalized spacial score (nSPS) is 15.5. The lowest BCUT2D eigenvalue weighted by atomic mass is 10.2. The van der Waals surface area contributed by atoms with Crippen LogP contribution < -0.4 is 14.8 Å². The molecule has 1 aliphatic rings. The summed E-state index contributed by atoms with van der Waals surface area (Å²) in [6, 6.07) is 12.3. The Labute approximate surface area is 137 Å². The average Bonchev–Trinajstić information content (AvgIpc) is 2.59. The zero-order valence-electron chi connectivity index (χ0n) is 12.5. The van der Waals surface area contributed by atoms with E-state index in [9.17, 15) is 14.0 Å². The van der Waals surface area contributed by atoms with Gasteiger partial charge in [-0.2, -0.15) is 0 Å². The molecule has 7 heteroatoms. The Balaban J connectivity index is 1.50. The van der Waals surface area contributed by atoms with Crippen molar-refractivity contribution in [3.05, 3.63) is 54.3 Å². The van der Waals surface area contributed by atoms with Crippen molar-refractivity contribution in [2.24, 2.45) is 0 Å². The SMILES string of the molecule is O=C(COC(=O)[C@@H]1COc2ccccc2O1)Nc1cccc(F)c1. The van der Waals surface area contributed by atoms with Gasteiger partial charge in [0.05, 0.1) is 0 Å². The lowest BCUT2D eigenvalue weighted by molar-refractivity contribution is -0.156. The van der Waals surface area contributed by atoms with Crippen LogP contribution >= 0.6 is 0 Å². The third-order valence-corrected chi connectivity index (χ3v) is 3.23. The predicted molar refractivity (Wildman–Crippen MR) is 82.3 cm³/mol. The molecule has 0 unspecified atom stereocenters. The van der Waals surface area contributed by atoms with Crippen LogP contribution in [0.5, 0.6) is 11.5 Å². The van der Waals surface area contributed by atoms with E-state index in [1.165, 1.54) is 18.2 Å². The summed E-state index contributed by atoms with van der Waals surface area (Å²) < 4.78 is 28.8. The highest BCUT2D eigenvalue weighted by Crippen LogP contribution is 2.31. The molecule has 0 bridgehead atoms. The van der Waals surface area contributed by atoms with Crippen molar-refractivity contribution in [3.63, 3.8) is 0 Å². The Hall–Kier alpha value is -3.09. The summed E-state index contributed by atoms with van der Waals surface area (Å²) in [6.07, 6.45) is -0.943. The van der Waals surface area contributed by atoms with Gasteiger partial charge in [0.2, 0.25) is 6.10 Å². The van der Waals surface area contributed by atoms with Gasteiger partial charge < -0.3 is 19.5 Å². The molecular weight excluding hydrogens is 317 g/mol. The zero-order chi connectivity index (χ0) is 16.9. The van der Waals surface area contributed by atoms with E-state index in [0.717, 1.165) is 6.07 Å². The van der Waals surface area contributed by atoms with E-state index >= 15 is 0 Å². The van der Waals surface area contributed by atoms with Gasteiger partial charge in [-0.3, -0.25) is 4.79 Å². The zero-order valence-corrected chi connectivity index (χ0v) is 12.5. The van der Waals surface area contributed by atoms with Crippen molar-refractivity contribution in [2.45, 2.75) is 6.10 Å². The van der Waals surface area contributed by atoms with Crippen LogP contribution in [0, 0.1) is 5.82 Å². The third kappa shape index (κ3) is 3.81. The van der Waals surface area contributed by atoms with Crippen LogP contribution in [0.4, 0.5) is 10.1 Å². The molecule has 0 radical (unpaired) electrons. The highest BCUT2D eigenvalue weighted by molar-refractivity contribution is 5.93. The second kappa shape index (κ2) is 6.99. The Bertz CT molecular complexity index is 764. The second-order valence-corrected chi connectivity index (χ2v) is 5.03. The molecule has 0 aromatic heterocycles. The molecular formula is C17H14FNO5. The molecule has 1 amide bonds. The van der Waals surface area contributed by atoms with E-state index in [4.69, 9.17) is 14.2 Å². The number of hydrogen-bond donors (Lipinski definition) is 1. The first-order chi connectivity index (χ1) is 11.6. The third-order valence-electron chi connectivity index (χ3n) is 3.23. The molecule has 0 aliphatic carbocycles. The minimum absolute atomic E-state index is 0.00135. The van der Waals surface area contributed by atoms with E-state index in [1.54, 1.807) is 24.3 Å². The molecule has 124 valence electrons. The van der Waals surface area contributed by atoms with Crippen LogP contribution in [0.3, 0.4) is 0 Å². The second-order valence-electron chi connectivity index (χ2n) is 5.03. The number of benzene rings is 2. The number of rotatable bonds is 4. The fourth-order valence-electron chi connectivity index (χ4n) is 2.13. The van der Waals surface area contributed by atoms with Crippen LogP contribution in [-0.4, -0.2) is 31.2 Å². The van der Waals surface area contributed by atoms with Crippen molar-refractivity contribution in [1.29, 1.82) is 0 Å². The molecule has 6 nitrogen and oxygen atoms in total. The molecule has 1 N–H and O–H groups in total. The number of fused-ring (bicyclic) bond motifs is 1. The van der Waals surface area contributed by atoms with Gasteiger partial charge in [0.25, 0.3) is 5.91 Å². The number of anilines is 1. The lowest BCUT2D eigenvalue weighted by Gasteiger charge is -2.24. The highest BCUT2D eigenvalue weighted by atomic mass is 19.1. The summed E-state index contributed by atoms with van der Waals surface area (Å²) in [5.74, 6) is -0.776. The summed E-state index contributed by atoms with van der Waals surface area (Å²) in [4.78, 5) is 23.7. The van der Waals surface area contributed by atoms with E-state index in [1.807, 2.05) is 0 Å². The van der Waals surface area contributed by atoms with Crippen molar-refractivity contribution in [1.82, 2.24) is 0 Å². The quantitative estimate of drug-likeness (QED) is 0.869. The Morgan fingerprint density at radius 2 is 1.96 bits per heavy atom. The van der Waals surface area contributed by atoms with Crippen LogP contribution in [0.1, 0.15) is 0 Å². The standard InChI is InChI=1S/C17H14FNO5/c18-11-4-3-5-12(8-11)19-16(20)10-23-17(21)15-9-22-13-6-1-2-7-14(13)24-15/h1-8,15H,9-10H2,(H,19,20)/t15-/m0/s1. The number of halogens is 1. The average molecular weight is 331 g/mol. The van der Waals surface area contributed by atoms with Gasteiger partial charge in [0.15, 0.2) is 18.1 Å². The number of nitrogens with one attached hydrogen (secondary N) is 1. The number of esters is 1. The first kappa shape index (κ1) is 15.8. The summed E-state index contributed by atoms with van der Waals surface area (Å²) >= 11 is 0. The smallest absolute Gasteiger partial charge is 0.351 e.